The van der Waals surface area contributed by atoms with Gasteiger partial charge in [-0.3, -0.25) is 14.4 Å². The van der Waals surface area contributed by atoms with Crippen molar-refractivity contribution in [2.45, 2.75) is 31.8 Å². The molecule has 0 spiro atoms. The molecule has 3 aromatic carbocycles. The Kier molecular flexibility index (Phi) is 11.6. The lowest BCUT2D eigenvalue weighted by molar-refractivity contribution is -0.124. The maximum Gasteiger partial charge on any atom is 0.255 e. The Morgan fingerprint density at radius 1 is 1.07 bits per heavy atom. The van der Waals surface area contributed by atoms with Gasteiger partial charge in [0.15, 0.2) is 11.5 Å². The molecule has 0 aromatic heterocycles. The molecule has 0 unspecified atom stereocenters. The lowest BCUT2D eigenvalue weighted by Gasteiger charge is -2.22. The number of hydrogen-bond acceptors (Lipinski definition) is 7. The molecular weight excluding hydrogens is 581 g/mol. The molecule has 3 N–H and O–H groups in total. The van der Waals surface area contributed by atoms with Crippen LogP contribution in [0.2, 0.25) is 5.02 Å². The minimum absolute atomic E-state index is 0.00110. The van der Waals surface area contributed by atoms with Crippen LogP contribution in [-0.2, 0) is 14.3 Å². The first-order valence-electron chi connectivity index (χ1n) is 13.8. The maximum atomic E-state index is 14.0. The zero-order valence-electron chi connectivity index (χ0n) is 23.6. The second-order valence-corrected chi connectivity index (χ2v) is 10.2. The van der Waals surface area contributed by atoms with E-state index in [2.05, 4.69) is 16.0 Å². The molecule has 10 nitrogen and oxygen atoms in total. The highest BCUT2D eigenvalue weighted by Crippen LogP contribution is 2.33. The summed E-state index contributed by atoms with van der Waals surface area (Å²) in [5.74, 6) is -0.690. The van der Waals surface area contributed by atoms with Crippen LogP contribution in [0.15, 0.2) is 66.7 Å². The van der Waals surface area contributed by atoms with Crippen LogP contribution in [-0.4, -0.2) is 62.8 Å². The van der Waals surface area contributed by atoms with Crippen LogP contribution in [0.5, 0.6) is 23.0 Å². The summed E-state index contributed by atoms with van der Waals surface area (Å²) in [7, 11) is 0. The number of rotatable bonds is 7. The van der Waals surface area contributed by atoms with Gasteiger partial charge >= 0.3 is 0 Å². The topological polar surface area (TPSA) is 124 Å². The van der Waals surface area contributed by atoms with Crippen LogP contribution in [0.3, 0.4) is 0 Å². The van der Waals surface area contributed by atoms with Crippen LogP contribution in [0.1, 0.15) is 30.1 Å². The summed E-state index contributed by atoms with van der Waals surface area (Å²) in [5, 5.41) is 8.74. The molecule has 0 radical (unpaired) electrons. The van der Waals surface area contributed by atoms with Gasteiger partial charge < -0.3 is 34.9 Å². The van der Waals surface area contributed by atoms with Gasteiger partial charge in [-0.25, -0.2) is 4.39 Å². The fraction of sp³-hybridized carbons (Fsp3) is 0.323. The summed E-state index contributed by atoms with van der Waals surface area (Å²) >= 11 is 6.03. The molecule has 12 heteroatoms. The molecule has 228 valence electrons. The van der Waals surface area contributed by atoms with E-state index in [1.807, 2.05) is 0 Å². The van der Waals surface area contributed by atoms with E-state index in [4.69, 9.17) is 30.5 Å². The first-order chi connectivity index (χ1) is 20.8. The molecule has 0 fully saturated rings. The van der Waals surface area contributed by atoms with Crippen molar-refractivity contribution in [3.05, 3.63) is 83.1 Å². The highest BCUT2D eigenvalue weighted by Gasteiger charge is 2.25. The summed E-state index contributed by atoms with van der Waals surface area (Å²) in [6, 6.07) is 15.6. The summed E-state index contributed by atoms with van der Waals surface area (Å²) in [4.78, 5) is 38.9. The molecule has 0 saturated heterocycles. The standard InChI is InChI=1S/C31H33ClFN3O7/c1-20(19-42-27-11-9-22(33)18-28(27)43-23-6-4-5-21(32)17-23)35-31(39)25-10-12-29(37)34-13-14-40-15-16-41-26-8-3-2-7-24(26)30(38)36-25/h2-9,11,17-18,20,25H,10,12-16,19H2,1H3,(H,34,37)(H,35,39)(H,36,38)/t20-,25+/m1/s1. The first-order valence-corrected chi connectivity index (χ1v) is 14.2. The third-order valence-corrected chi connectivity index (χ3v) is 6.51. The van der Waals surface area contributed by atoms with E-state index in [0.717, 1.165) is 0 Å². The molecule has 3 amide bonds. The van der Waals surface area contributed by atoms with Gasteiger partial charge in [0.25, 0.3) is 5.91 Å². The van der Waals surface area contributed by atoms with Crippen LogP contribution in [0, 0.1) is 5.82 Å². The van der Waals surface area contributed by atoms with E-state index in [9.17, 15) is 18.8 Å². The van der Waals surface area contributed by atoms with Crippen molar-refractivity contribution >= 4 is 29.3 Å². The van der Waals surface area contributed by atoms with Gasteiger partial charge in [0.05, 0.1) is 24.8 Å². The van der Waals surface area contributed by atoms with Gasteiger partial charge in [0, 0.05) is 24.1 Å². The molecule has 0 saturated carbocycles. The normalized spacial score (nSPS) is 17.0. The fourth-order valence-corrected chi connectivity index (χ4v) is 4.34. The quantitative estimate of drug-likeness (QED) is 0.364. The van der Waals surface area contributed by atoms with Gasteiger partial charge in [-0.05, 0) is 55.8 Å². The zero-order chi connectivity index (χ0) is 30.6. The summed E-state index contributed by atoms with van der Waals surface area (Å²) < 4.78 is 36.8. The number of carbonyl (C=O) groups excluding carboxylic acids is 3. The van der Waals surface area contributed by atoms with Gasteiger partial charge in [-0.1, -0.05) is 29.8 Å². The number of benzene rings is 3. The molecule has 3 aromatic rings. The number of hydrogen-bond donors (Lipinski definition) is 3. The number of carbonyl (C=O) groups is 3. The number of ether oxygens (including phenoxy) is 4. The predicted octanol–water partition coefficient (Wildman–Crippen LogP) is 4.26. The van der Waals surface area contributed by atoms with Crippen molar-refractivity contribution in [2.75, 3.05) is 33.0 Å². The lowest BCUT2D eigenvalue weighted by atomic mass is 10.1. The van der Waals surface area contributed by atoms with E-state index in [1.165, 1.54) is 18.2 Å². The molecular formula is C31H33ClFN3O7. The van der Waals surface area contributed by atoms with E-state index in [1.54, 1.807) is 55.5 Å². The van der Waals surface area contributed by atoms with Crippen molar-refractivity contribution in [3.8, 4) is 23.0 Å². The van der Waals surface area contributed by atoms with Crippen molar-refractivity contribution in [1.29, 1.82) is 0 Å². The van der Waals surface area contributed by atoms with Gasteiger partial charge in [0.1, 0.15) is 36.6 Å². The Labute approximate surface area is 253 Å². The summed E-state index contributed by atoms with van der Waals surface area (Å²) in [6.45, 7) is 2.81. The fourth-order valence-electron chi connectivity index (χ4n) is 4.16. The van der Waals surface area contributed by atoms with Crippen molar-refractivity contribution in [3.63, 3.8) is 0 Å². The number of para-hydroxylation sites is 1. The largest absolute Gasteiger partial charge is 0.490 e. The minimum Gasteiger partial charge on any atom is -0.490 e. The Morgan fingerprint density at radius 2 is 1.91 bits per heavy atom. The SMILES string of the molecule is C[C@H](COc1ccc(F)cc1Oc1cccc(Cl)c1)NC(=O)[C@@H]1CCC(=O)NCCOCCOc2ccccc2C(=O)N1. The molecule has 0 bridgehead atoms. The molecule has 43 heavy (non-hydrogen) atoms. The van der Waals surface area contributed by atoms with Crippen LogP contribution < -0.4 is 30.2 Å². The number of fused-ring (bicyclic) bond motifs is 1. The molecule has 1 heterocycles. The lowest BCUT2D eigenvalue weighted by Crippen LogP contribution is -2.50. The highest BCUT2D eigenvalue weighted by atomic mass is 35.5. The molecule has 1 aliphatic heterocycles. The van der Waals surface area contributed by atoms with E-state index in [-0.39, 0.29) is 55.6 Å². The van der Waals surface area contributed by atoms with Gasteiger partial charge in [-0.15, -0.1) is 0 Å². The van der Waals surface area contributed by atoms with Crippen molar-refractivity contribution in [1.82, 2.24) is 16.0 Å². The second kappa shape index (κ2) is 15.8. The number of amides is 3. The third-order valence-electron chi connectivity index (χ3n) is 6.27. The van der Waals surface area contributed by atoms with Crippen LogP contribution in [0.4, 0.5) is 4.39 Å². The Hall–Kier alpha value is -4.35. The Morgan fingerprint density at radius 3 is 2.74 bits per heavy atom. The Balaban J connectivity index is 1.42. The number of halogens is 2. The van der Waals surface area contributed by atoms with E-state index in [0.29, 0.717) is 29.7 Å². The predicted molar refractivity (Wildman–Crippen MR) is 157 cm³/mol. The summed E-state index contributed by atoms with van der Waals surface area (Å²) in [5.41, 5.74) is 0.250. The first kappa shape index (κ1) is 31.6. The van der Waals surface area contributed by atoms with Crippen LogP contribution in [0.25, 0.3) is 0 Å². The van der Waals surface area contributed by atoms with Crippen molar-refractivity contribution in [2.24, 2.45) is 0 Å². The molecule has 1 aliphatic rings. The molecule has 2 atom stereocenters. The molecule has 0 aliphatic carbocycles. The average molecular weight is 614 g/mol. The van der Waals surface area contributed by atoms with E-state index < -0.39 is 29.7 Å². The monoisotopic (exact) mass is 613 g/mol. The third kappa shape index (κ3) is 9.86. The van der Waals surface area contributed by atoms with Gasteiger partial charge in [0.2, 0.25) is 11.8 Å². The average Bonchev–Trinajstić information content (AvgIpc) is 2.98. The minimum atomic E-state index is -1.03. The van der Waals surface area contributed by atoms with Gasteiger partial charge in [-0.2, -0.15) is 0 Å². The number of nitrogens with one attached hydrogen (secondary N) is 3. The highest BCUT2D eigenvalue weighted by molar-refractivity contribution is 6.30. The maximum absolute atomic E-state index is 14.0. The van der Waals surface area contributed by atoms with E-state index >= 15 is 0 Å². The molecule has 4 rings (SSSR count). The second-order valence-electron chi connectivity index (χ2n) is 9.74. The zero-order valence-corrected chi connectivity index (χ0v) is 24.3. The van der Waals surface area contributed by atoms with Crippen LogP contribution >= 0.6 is 11.6 Å². The summed E-state index contributed by atoms with van der Waals surface area (Å²) in [6.07, 6.45) is 0.0532. The Bertz CT molecular complexity index is 1420. The van der Waals surface area contributed by atoms with Crippen molar-refractivity contribution < 1.29 is 37.7 Å². The smallest absolute Gasteiger partial charge is 0.255 e.